The number of aromatic nitrogens is 2. The molecule has 0 aliphatic rings. The molecular weight excluding hydrogens is 250 g/mol. The van der Waals surface area contributed by atoms with E-state index in [1.165, 1.54) is 0 Å². The van der Waals surface area contributed by atoms with Crippen molar-refractivity contribution in [1.29, 1.82) is 0 Å². The summed E-state index contributed by atoms with van der Waals surface area (Å²) in [7, 11) is 0. The molecule has 0 aliphatic carbocycles. The van der Waals surface area contributed by atoms with Gasteiger partial charge >= 0.3 is 0 Å². The fourth-order valence-electron chi connectivity index (χ4n) is 1.51. The molecule has 0 fully saturated rings. The average molecular weight is 265 g/mol. The van der Waals surface area contributed by atoms with Crippen LogP contribution in [0, 0.1) is 11.8 Å². The second-order valence-electron chi connectivity index (χ2n) is 4.17. The number of rotatable bonds is 3. The third-order valence-electron chi connectivity index (χ3n) is 2.56. The molecule has 0 atom stereocenters. The van der Waals surface area contributed by atoms with Gasteiger partial charge in [0.25, 0.3) is 5.91 Å². The highest BCUT2D eigenvalue weighted by Gasteiger charge is 2.04. The Morgan fingerprint density at radius 3 is 2.55 bits per heavy atom. The summed E-state index contributed by atoms with van der Waals surface area (Å²) < 4.78 is 0. The van der Waals surface area contributed by atoms with Gasteiger partial charge in [-0.1, -0.05) is 18.8 Å². The molecule has 4 nitrogen and oxygen atoms in total. The molecule has 100 valence electrons. The number of pyridine rings is 2. The number of nitrogens with one attached hydrogen (secondary N) is 1. The highest BCUT2D eigenvalue weighted by atomic mass is 16.1. The summed E-state index contributed by atoms with van der Waals surface area (Å²) in [4.78, 5) is 19.7. The minimum Gasteiger partial charge on any atom is -0.351 e. The zero-order valence-electron chi connectivity index (χ0n) is 11.3. The Balaban J connectivity index is 2.06. The van der Waals surface area contributed by atoms with Crippen LogP contribution >= 0.6 is 0 Å². The van der Waals surface area contributed by atoms with Crippen molar-refractivity contribution in [2.75, 3.05) is 6.54 Å². The first-order valence-electron chi connectivity index (χ1n) is 6.46. The predicted octanol–water partition coefficient (Wildman–Crippen LogP) is 2.02. The molecule has 0 aliphatic heterocycles. The largest absolute Gasteiger partial charge is 0.351 e. The molecule has 0 saturated carbocycles. The van der Waals surface area contributed by atoms with Crippen LogP contribution in [-0.4, -0.2) is 22.4 Å². The van der Waals surface area contributed by atoms with E-state index in [0.717, 1.165) is 17.5 Å². The normalized spacial score (nSPS) is 9.45. The van der Waals surface area contributed by atoms with Crippen molar-refractivity contribution in [3.63, 3.8) is 0 Å². The third kappa shape index (κ3) is 3.92. The minimum atomic E-state index is -0.152. The summed E-state index contributed by atoms with van der Waals surface area (Å²) in [6.07, 6.45) is 5.91. The predicted molar refractivity (Wildman–Crippen MR) is 77.1 cm³/mol. The van der Waals surface area contributed by atoms with Gasteiger partial charge < -0.3 is 5.32 Å². The Hall–Kier alpha value is -2.67. The first kappa shape index (κ1) is 13.8. The Morgan fingerprint density at radius 1 is 1.15 bits per heavy atom. The molecule has 0 spiro atoms. The molecule has 0 aromatic carbocycles. The van der Waals surface area contributed by atoms with Crippen LogP contribution in [0.3, 0.4) is 0 Å². The molecule has 2 rings (SSSR count). The van der Waals surface area contributed by atoms with Crippen molar-refractivity contribution in [1.82, 2.24) is 15.3 Å². The van der Waals surface area contributed by atoms with Crippen LogP contribution in [0.2, 0.25) is 0 Å². The summed E-state index contributed by atoms with van der Waals surface area (Å²) >= 11 is 0. The van der Waals surface area contributed by atoms with E-state index in [2.05, 4.69) is 27.1 Å². The highest BCUT2D eigenvalue weighted by Crippen LogP contribution is 2.00. The van der Waals surface area contributed by atoms with E-state index in [1.54, 1.807) is 30.7 Å². The topological polar surface area (TPSA) is 54.9 Å². The Morgan fingerprint density at radius 2 is 1.90 bits per heavy atom. The summed E-state index contributed by atoms with van der Waals surface area (Å²) in [6, 6.07) is 7.16. The van der Waals surface area contributed by atoms with Gasteiger partial charge in [-0.05, 0) is 30.7 Å². The van der Waals surface area contributed by atoms with Crippen LogP contribution in [0.1, 0.15) is 35.0 Å². The zero-order chi connectivity index (χ0) is 14.2. The van der Waals surface area contributed by atoms with Crippen LogP contribution in [0.5, 0.6) is 0 Å². The Kier molecular flexibility index (Phi) is 4.85. The summed E-state index contributed by atoms with van der Waals surface area (Å²) in [6.45, 7) is 2.66. The van der Waals surface area contributed by atoms with Crippen molar-refractivity contribution in [3.05, 3.63) is 59.7 Å². The molecular formula is C16H15N3O. The van der Waals surface area contributed by atoms with Crippen LogP contribution < -0.4 is 5.32 Å². The summed E-state index contributed by atoms with van der Waals surface area (Å²) in [5, 5.41) is 2.78. The van der Waals surface area contributed by atoms with Crippen molar-refractivity contribution in [2.24, 2.45) is 0 Å². The number of carbonyl (C=O) groups excluding carboxylic acids is 1. The number of nitrogens with zero attached hydrogens (tertiary/aromatic N) is 2. The van der Waals surface area contributed by atoms with Gasteiger partial charge in [-0.25, -0.2) is 4.98 Å². The van der Waals surface area contributed by atoms with Crippen molar-refractivity contribution in [2.45, 2.75) is 13.3 Å². The van der Waals surface area contributed by atoms with Gasteiger partial charge in [0.1, 0.15) is 5.69 Å². The van der Waals surface area contributed by atoms with Crippen molar-refractivity contribution in [3.8, 4) is 11.8 Å². The summed E-state index contributed by atoms with van der Waals surface area (Å²) in [5.41, 5.74) is 2.08. The lowest BCUT2D eigenvalue weighted by Crippen LogP contribution is -2.24. The maximum absolute atomic E-state index is 11.7. The van der Waals surface area contributed by atoms with E-state index < -0.39 is 0 Å². The monoisotopic (exact) mass is 265 g/mol. The maximum atomic E-state index is 11.7. The molecule has 0 radical (unpaired) electrons. The standard InChI is InChI=1S/C16H15N3O/c1-2-9-18-16(20)15-6-5-14(12-19-15)4-3-13-7-10-17-11-8-13/h5-8,10-12H,2,9H2,1H3,(H,18,20). The Labute approximate surface area is 118 Å². The van der Waals surface area contributed by atoms with Crippen LogP contribution in [0.4, 0.5) is 0 Å². The molecule has 1 amide bonds. The molecule has 1 N–H and O–H groups in total. The van der Waals surface area contributed by atoms with E-state index in [1.807, 2.05) is 19.1 Å². The first-order valence-corrected chi connectivity index (χ1v) is 6.46. The van der Waals surface area contributed by atoms with Gasteiger partial charge in [0, 0.05) is 36.3 Å². The smallest absolute Gasteiger partial charge is 0.269 e. The van der Waals surface area contributed by atoms with Gasteiger partial charge in [0.15, 0.2) is 0 Å². The molecule has 0 bridgehead atoms. The van der Waals surface area contributed by atoms with Gasteiger partial charge in [0.05, 0.1) is 0 Å². The average Bonchev–Trinajstić information content (AvgIpc) is 2.52. The number of hydrogen-bond acceptors (Lipinski definition) is 3. The highest BCUT2D eigenvalue weighted by molar-refractivity contribution is 5.92. The molecule has 2 aromatic heterocycles. The minimum absolute atomic E-state index is 0.152. The number of carbonyl (C=O) groups is 1. The van der Waals surface area contributed by atoms with E-state index in [0.29, 0.717) is 12.2 Å². The van der Waals surface area contributed by atoms with Crippen molar-refractivity contribution < 1.29 is 4.79 Å². The van der Waals surface area contributed by atoms with Crippen LogP contribution in [-0.2, 0) is 0 Å². The molecule has 2 aromatic rings. The van der Waals surface area contributed by atoms with Crippen LogP contribution in [0.15, 0.2) is 42.9 Å². The van der Waals surface area contributed by atoms with Gasteiger partial charge in [-0.15, -0.1) is 0 Å². The lowest BCUT2D eigenvalue weighted by atomic mass is 10.2. The Bertz CT molecular complexity index is 624. The molecule has 2 heterocycles. The maximum Gasteiger partial charge on any atom is 0.269 e. The van der Waals surface area contributed by atoms with E-state index in [9.17, 15) is 4.79 Å². The number of hydrogen-bond donors (Lipinski definition) is 1. The van der Waals surface area contributed by atoms with E-state index in [-0.39, 0.29) is 5.91 Å². The van der Waals surface area contributed by atoms with Crippen LogP contribution in [0.25, 0.3) is 0 Å². The molecule has 0 saturated heterocycles. The van der Waals surface area contributed by atoms with Gasteiger partial charge in [-0.3, -0.25) is 9.78 Å². The fraction of sp³-hybridized carbons (Fsp3) is 0.188. The van der Waals surface area contributed by atoms with E-state index >= 15 is 0 Å². The van der Waals surface area contributed by atoms with Gasteiger partial charge in [-0.2, -0.15) is 0 Å². The lowest BCUT2D eigenvalue weighted by Gasteiger charge is -2.02. The third-order valence-corrected chi connectivity index (χ3v) is 2.56. The second-order valence-corrected chi connectivity index (χ2v) is 4.17. The second kappa shape index (κ2) is 7.05. The summed E-state index contributed by atoms with van der Waals surface area (Å²) in [5.74, 6) is 5.86. The van der Waals surface area contributed by atoms with Gasteiger partial charge in [0.2, 0.25) is 0 Å². The SMILES string of the molecule is CCCNC(=O)c1ccc(C#Cc2ccncc2)cn1. The van der Waals surface area contributed by atoms with Crippen molar-refractivity contribution >= 4 is 5.91 Å². The first-order chi connectivity index (χ1) is 9.79. The fourth-order valence-corrected chi connectivity index (χ4v) is 1.51. The zero-order valence-corrected chi connectivity index (χ0v) is 11.3. The lowest BCUT2D eigenvalue weighted by molar-refractivity contribution is 0.0948. The quantitative estimate of drug-likeness (QED) is 0.864. The molecule has 4 heteroatoms. The molecule has 0 unspecified atom stereocenters. The molecule has 20 heavy (non-hydrogen) atoms. The van der Waals surface area contributed by atoms with E-state index in [4.69, 9.17) is 0 Å². The number of amides is 1.